The van der Waals surface area contributed by atoms with Crippen molar-refractivity contribution in [1.29, 1.82) is 0 Å². The number of nitrogens with two attached hydrogens (primary N) is 1. The van der Waals surface area contributed by atoms with Gasteiger partial charge in [0.1, 0.15) is 11.7 Å². The Bertz CT molecular complexity index is 1220. The molecule has 0 saturated carbocycles. The van der Waals surface area contributed by atoms with Crippen molar-refractivity contribution in [3.8, 4) is 0 Å². The maximum atomic E-state index is 12.6. The quantitative estimate of drug-likeness (QED) is 0.606. The molecule has 37 heavy (non-hydrogen) atoms. The molecule has 1 aromatic carbocycles. The maximum Gasteiger partial charge on any atom is 0.410 e. The number of amides is 1. The zero-order chi connectivity index (χ0) is 26.7. The lowest BCUT2D eigenvalue weighted by molar-refractivity contribution is 0.0102. The fourth-order valence-corrected chi connectivity index (χ4v) is 5.09. The number of aromatic nitrogens is 2. The molecule has 1 aliphatic heterocycles. The molecule has 2 aliphatic rings. The summed E-state index contributed by atoms with van der Waals surface area (Å²) in [5.74, 6) is 0. The molecule has 0 spiro atoms. The van der Waals surface area contributed by atoms with Crippen LogP contribution in [0.5, 0.6) is 0 Å². The molecule has 1 fully saturated rings. The van der Waals surface area contributed by atoms with Gasteiger partial charge in [0.15, 0.2) is 0 Å². The van der Waals surface area contributed by atoms with Gasteiger partial charge in [0.2, 0.25) is 0 Å². The van der Waals surface area contributed by atoms with E-state index in [1.807, 2.05) is 62.7 Å². The van der Waals surface area contributed by atoms with Gasteiger partial charge in [-0.1, -0.05) is 29.8 Å². The number of carbonyl (C=O) groups is 1. The molecule has 2 atom stereocenters. The largest absolute Gasteiger partial charge is 0.444 e. The van der Waals surface area contributed by atoms with Gasteiger partial charge >= 0.3 is 6.09 Å². The first kappa shape index (κ1) is 27.0. The summed E-state index contributed by atoms with van der Waals surface area (Å²) in [6.45, 7) is 8.19. The molecule has 8 nitrogen and oxygen atoms in total. The highest BCUT2D eigenvalue weighted by molar-refractivity contribution is 6.30. The second kappa shape index (κ2) is 11.1. The monoisotopic (exact) mass is 525 g/mol. The van der Waals surface area contributed by atoms with Crippen LogP contribution in [-0.2, 0) is 11.8 Å². The minimum absolute atomic E-state index is 0.0259. The first-order chi connectivity index (χ1) is 17.6. The number of carbonyl (C=O) groups excluding carboxylic acids is 1. The average molecular weight is 526 g/mol. The Labute approximate surface area is 223 Å². The van der Waals surface area contributed by atoms with E-state index in [1.165, 1.54) is 6.20 Å². The Morgan fingerprint density at radius 2 is 2.00 bits per heavy atom. The predicted octanol–water partition coefficient (Wildman–Crippen LogP) is 4.59. The van der Waals surface area contributed by atoms with Crippen LogP contribution >= 0.6 is 11.6 Å². The number of halogens is 1. The van der Waals surface area contributed by atoms with Gasteiger partial charge in [0.05, 0.1) is 18.2 Å². The van der Waals surface area contributed by atoms with Gasteiger partial charge in [-0.2, -0.15) is 0 Å². The Hall–Kier alpha value is -3.07. The van der Waals surface area contributed by atoms with Crippen LogP contribution < -0.4 is 5.73 Å². The van der Waals surface area contributed by atoms with Crippen LogP contribution in [0.25, 0.3) is 5.57 Å². The van der Waals surface area contributed by atoms with Crippen LogP contribution in [0.4, 0.5) is 4.79 Å². The molecule has 1 saturated heterocycles. The van der Waals surface area contributed by atoms with Gasteiger partial charge in [-0.25, -0.2) is 9.78 Å². The van der Waals surface area contributed by atoms with Crippen LogP contribution in [0, 0.1) is 0 Å². The number of rotatable bonds is 4. The molecule has 2 unspecified atom stereocenters. The summed E-state index contributed by atoms with van der Waals surface area (Å²) in [5, 5.41) is 12.1. The van der Waals surface area contributed by atoms with E-state index in [0.717, 1.165) is 22.3 Å². The van der Waals surface area contributed by atoms with E-state index in [1.54, 1.807) is 23.5 Å². The number of aryl methyl sites for hydroxylation is 1. The number of nitrogens with zero attached hydrogens (tertiary/aromatic N) is 4. The number of fused-ring (bicyclic) bond motifs is 1. The van der Waals surface area contributed by atoms with Crippen molar-refractivity contribution in [1.82, 2.24) is 19.4 Å². The number of ether oxygens (including phenoxy) is 1. The number of aliphatic hydroxyl groups is 1. The summed E-state index contributed by atoms with van der Waals surface area (Å²) in [6.07, 6.45) is 10.2. The van der Waals surface area contributed by atoms with Crippen molar-refractivity contribution < 1.29 is 14.6 Å². The Balaban J connectivity index is 1.68. The third-order valence-electron chi connectivity index (χ3n) is 6.71. The molecule has 3 N–H and O–H groups in total. The normalized spacial score (nSPS) is 21.0. The van der Waals surface area contributed by atoms with Crippen molar-refractivity contribution in [3.63, 3.8) is 0 Å². The molecule has 1 aliphatic carbocycles. The highest BCUT2D eigenvalue weighted by Gasteiger charge is 2.34. The van der Waals surface area contributed by atoms with Crippen LogP contribution in [0.15, 0.2) is 60.7 Å². The lowest BCUT2D eigenvalue weighted by atomic mass is 9.91. The molecule has 1 aromatic heterocycles. The minimum atomic E-state index is -0.891. The lowest BCUT2D eigenvalue weighted by Gasteiger charge is -2.40. The second-order valence-corrected chi connectivity index (χ2v) is 10.9. The second-order valence-electron chi connectivity index (χ2n) is 10.5. The van der Waals surface area contributed by atoms with E-state index in [-0.39, 0.29) is 12.1 Å². The number of piperazine rings is 1. The highest BCUT2D eigenvalue weighted by Crippen LogP contribution is 2.43. The van der Waals surface area contributed by atoms with E-state index in [2.05, 4.69) is 9.88 Å². The molecule has 4 rings (SSSR count). The minimum Gasteiger partial charge on any atom is -0.444 e. The first-order valence-electron chi connectivity index (χ1n) is 12.5. The summed E-state index contributed by atoms with van der Waals surface area (Å²) in [5.41, 5.74) is 9.60. The number of benzene rings is 1. The van der Waals surface area contributed by atoms with E-state index >= 15 is 0 Å². The number of hydrogen-bond donors (Lipinski definition) is 2. The fourth-order valence-electron chi connectivity index (χ4n) is 4.92. The summed E-state index contributed by atoms with van der Waals surface area (Å²) >= 11 is 6.48. The van der Waals surface area contributed by atoms with Crippen molar-refractivity contribution >= 4 is 23.3 Å². The molecule has 2 heterocycles. The SMILES string of the molecule is Cn1cncc1C(O)C1=C/C(=C/C=C\N)CC(N2CCN(C(=O)OC(C)(C)C)CC2)c2ccc(Cl)cc21. The van der Waals surface area contributed by atoms with Crippen LogP contribution in [0.2, 0.25) is 5.02 Å². The molecule has 198 valence electrons. The molecule has 0 bridgehead atoms. The first-order valence-corrected chi connectivity index (χ1v) is 12.9. The summed E-state index contributed by atoms with van der Waals surface area (Å²) in [7, 11) is 1.86. The molecule has 2 aromatic rings. The summed E-state index contributed by atoms with van der Waals surface area (Å²) < 4.78 is 7.39. The highest BCUT2D eigenvalue weighted by atomic mass is 35.5. The molecular formula is C28H36ClN5O3. The average Bonchev–Trinajstić information content (AvgIpc) is 3.21. The fraction of sp³-hybridized carbons (Fsp3) is 0.429. The van der Waals surface area contributed by atoms with Gasteiger partial charge in [-0.05, 0) is 73.9 Å². The molecular weight excluding hydrogens is 490 g/mol. The molecule has 9 heteroatoms. The van der Waals surface area contributed by atoms with E-state index < -0.39 is 11.7 Å². The van der Waals surface area contributed by atoms with Gasteiger partial charge in [-0.3, -0.25) is 4.90 Å². The number of aliphatic hydroxyl groups excluding tert-OH is 1. The van der Waals surface area contributed by atoms with E-state index in [4.69, 9.17) is 22.1 Å². The van der Waals surface area contributed by atoms with Crippen LogP contribution in [0.3, 0.4) is 0 Å². The maximum absolute atomic E-state index is 12.6. The Morgan fingerprint density at radius 1 is 1.27 bits per heavy atom. The van der Waals surface area contributed by atoms with E-state index in [0.29, 0.717) is 43.3 Å². The summed E-state index contributed by atoms with van der Waals surface area (Å²) in [4.78, 5) is 21.0. The smallest absolute Gasteiger partial charge is 0.410 e. The summed E-state index contributed by atoms with van der Waals surface area (Å²) in [6, 6.07) is 5.90. The number of imidazole rings is 1. The third-order valence-corrected chi connectivity index (χ3v) is 6.95. The van der Waals surface area contributed by atoms with Gasteiger partial charge in [0, 0.05) is 44.3 Å². The number of allylic oxidation sites excluding steroid dienone is 3. The topological polar surface area (TPSA) is 96.8 Å². The van der Waals surface area contributed by atoms with Crippen LogP contribution in [0.1, 0.15) is 56.2 Å². The van der Waals surface area contributed by atoms with Gasteiger partial charge < -0.3 is 25.0 Å². The van der Waals surface area contributed by atoms with Crippen molar-refractivity contribution in [2.24, 2.45) is 12.8 Å². The third kappa shape index (κ3) is 6.26. The standard InChI is InChI=1S/C28H36ClN5O3/c1-28(2,3)37-27(36)34-12-10-33(11-13-34)24-15-19(6-5-9-30)14-23(22-16-20(29)7-8-21(22)24)26(35)25-17-31-18-32(25)4/h5-9,14,16-18,24,26,35H,10-13,15,30H2,1-4H3/b9-5-,19-6-. The predicted molar refractivity (Wildman–Crippen MR) is 146 cm³/mol. The van der Waals surface area contributed by atoms with Crippen LogP contribution in [-0.4, -0.2) is 62.3 Å². The zero-order valence-corrected chi connectivity index (χ0v) is 22.7. The van der Waals surface area contributed by atoms with Gasteiger partial charge in [0.25, 0.3) is 0 Å². The zero-order valence-electron chi connectivity index (χ0n) is 21.9. The Morgan fingerprint density at radius 3 is 2.62 bits per heavy atom. The number of hydrogen-bond acceptors (Lipinski definition) is 6. The Kier molecular flexibility index (Phi) is 8.11. The van der Waals surface area contributed by atoms with E-state index in [9.17, 15) is 9.90 Å². The van der Waals surface area contributed by atoms with Crippen molar-refractivity contribution in [2.75, 3.05) is 26.2 Å². The van der Waals surface area contributed by atoms with Crippen molar-refractivity contribution in [3.05, 3.63) is 82.6 Å². The molecule has 0 radical (unpaired) electrons. The lowest BCUT2D eigenvalue weighted by Crippen LogP contribution is -2.50. The van der Waals surface area contributed by atoms with Gasteiger partial charge in [-0.15, -0.1) is 0 Å². The molecule has 1 amide bonds. The van der Waals surface area contributed by atoms with Crippen molar-refractivity contribution in [2.45, 2.75) is 44.9 Å².